The molecule has 174 valence electrons. The van der Waals surface area contributed by atoms with E-state index >= 15 is 0 Å². The molecule has 34 heavy (non-hydrogen) atoms. The van der Waals surface area contributed by atoms with Crippen LogP contribution >= 0.6 is 0 Å². The molecular weight excluding hydrogens is 424 g/mol. The topological polar surface area (TPSA) is 93.6 Å². The van der Waals surface area contributed by atoms with Crippen LogP contribution in [0.1, 0.15) is 32.6 Å². The van der Waals surface area contributed by atoms with Crippen molar-refractivity contribution in [3.05, 3.63) is 107 Å². The molecule has 0 aliphatic carbocycles. The average molecular weight is 455 g/mol. The number of hydrogen-bond acceptors (Lipinski definition) is 5. The van der Waals surface area contributed by atoms with Crippen LogP contribution in [0.15, 0.2) is 78.9 Å². The van der Waals surface area contributed by atoms with Crippen LogP contribution in [-0.2, 0) is 6.54 Å². The van der Waals surface area contributed by atoms with E-state index in [1.165, 1.54) is 5.56 Å². The molecule has 0 spiro atoms. The van der Waals surface area contributed by atoms with Crippen LogP contribution < -0.4 is 5.73 Å². The van der Waals surface area contributed by atoms with E-state index in [9.17, 15) is 9.90 Å². The van der Waals surface area contributed by atoms with E-state index < -0.39 is 0 Å². The number of nitrogens with one attached hydrogen (secondary N) is 1. The first-order valence-corrected chi connectivity index (χ1v) is 11.4. The maximum absolute atomic E-state index is 13.1. The van der Waals surface area contributed by atoms with Gasteiger partial charge >= 0.3 is 0 Å². The Balaban J connectivity index is 1.40. The lowest BCUT2D eigenvalue weighted by atomic mass is 10.0. The fourth-order valence-corrected chi connectivity index (χ4v) is 4.11. The minimum atomic E-state index is -0.00162. The Morgan fingerprint density at radius 3 is 2.35 bits per heavy atom. The fraction of sp³-hybridized carbons (Fsp3) is 0.214. The van der Waals surface area contributed by atoms with Crippen molar-refractivity contribution in [1.82, 2.24) is 9.80 Å². The van der Waals surface area contributed by atoms with Crippen LogP contribution in [0.2, 0.25) is 0 Å². The number of benzene rings is 3. The van der Waals surface area contributed by atoms with Gasteiger partial charge in [0, 0.05) is 44.0 Å². The van der Waals surface area contributed by atoms with E-state index in [1.807, 2.05) is 29.2 Å². The van der Waals surface area contributed by atoms with Gasteiger partial charge in [0.05, 0.1) is 5.71 Å². The Labute approximate surface area is 200 Å². The fourth-order valence-electron chi connectivity index (χ4n) is 4.11. The quantitative estimate of drug-likeness (QED) is 0.490. The molecule has 6 heteroatoms. The molecule has 1 saturated heterocycles. The van der Waals surface area contributed by atoms with E-state index in [0.717, 1.165) is 19.6 Å². The van der Waals surface area contributed by atoms with E-state index in [-0.39, 0.29) is 17.4 Å². The molecule has 6 nitrogen and oxygen atoms in total. The van der Waals surface area contributed by atoms with E-state index in [4.69, 9.17) is 11.1 Å². The molecule has 4 rings (SSSR count). The van der Waals surface area contributed by atoms with Crippen LogP contribution in [0.5, 0.6) is 5.75 Å². The van der Waals surface area contributed by atoms with Gasteiger partial charge in [-0.2, -0.15) is 0 Å². The van der Waals surface area contributed by atoms with Crippen LogP contribution in [0, 0.1) is 12.3 Å². The van der Waals surface area contributed by atoms with E-state index in [2.05, 4.69) is 29.2 Å². The van der Waals surface area contributed by atoms with E-state index in [1.54, 1.807) is 37.3 Å². The van der Waals surface area contributed by atoms with Crippen molar-refractivity contribution in [2.45, 2.75) is 13.5 Å². The van der Waals surface area contributed by atoms with Gasteiger partial charge in [0.25, 0.3) is 5.91 Å². The number of aryl methyl sites for hydroxylation is 1. The number of carbonyl (C=O) groups excluding carboxylic acids is 1. The average Bonchev–Trinajstić information content (AvgIpc) is 2.86. The number of phenols is 1. The van der Waals surface area contributed by atoms with Crippen molar-refractivity contribution >= 4 is 17.3 Å². The molecule has 0 bridgehead atoms. The summed E-state index contributed by atoms with van der Waals surface area (Å²) >= 11 is 0. The van der Waals surface area contributed by atoms with Gasteiger partial charge in [0.2, 0.25) is 0 Å². The van der Waals surface area contributed by atoms with E-state index in [0.29, 0.717) is 41.0 Å². The second-order valence-electron chi connectivity index (χ2n) is 8.65. The van der Waals surface area contributed by atoms with Crippen LogP contribution in [0.25, 0.3) is 5.70 Å². The first-order chi connectivity index (χ1) is 16.4. The van der Waals surface area contributed by atoms with Gasteiger partial charge in [0.15, 0.2) is 0 Å². The predicted molar refractivity (Wildman–Crippen MR) is 136 cm³/mol. The van der Waals surface area contributed by atoms with Crippen molar-refractivity contribution in [3.8, 4) is 5.75 Å². The summed E-state index contributed by atoms with van der Waals surface area (Å²) in [5, 5.41) is 18.1. The molecule has 3 aromatic carbocycles. The third kappa shape index (κ3) is 5.53. The summed E-state index contributed by atoms with van der Waals surface area (Å²) in [5.74, 6) is 0.193. The van der Waals surface area contributed by atoms with Gasteiger partial charge in [-0.25, -0.2) is 0 Å². The number of hydrogen-bond donors (Lipinski definition) is 3. The highest BCUT2D eigenvalue weighted by molar-refractivity contribution is 6.10. The van der Waals surface area contributed by atoms with Gasteiger partial charge in [-0.15, -0.1) is 0 Å². The zero-order valence-corrected chi connectivity index (χ0v) is 19.4. The van der Waals surface area contributed by atoms with Gasteiger partial charge in [-0.1, -0.05) is 42.5 Å². The van der Waals surface area contributed by atoms with Gasteiger partial charge in [0.1, 0.15) is 5.75 Å². The largest absolute Gasteiger partial charge is 0.508 e. The Morgan fingerprint density at radius 1 is 0.941 bits per heavy atom. The minimum absolute atomic E-state index is 0.00162. The second-order valence-corrected chi connectivity index (χ2v) is 8.65. The molecular formula is C28H30N4O2. The lowest BCUT2D eigenvalue weighted by molar-refractivity contribution is 0.0628. The molecule has 0 atom stereocenters. The highest BCUT2D eigenvalue weighted by atomic mass is 16.3. The normalized spacial score (nSPS) is 14.7. The lowest BCUT2D eigenvalue weighted by Crippen LogP contribution is -2.48. The number of carbonyl (C=O) groups is 1. The Kier molecular flexibility index (Phi) is 7.09. The highest BCUT2D eigenvalue weighted by Crippen LogP contribution is 2.20. The number of nitrogens with zero attached hydrogens (tertiary/aromatic N) is 2. The highest BCUT2D eigenvalue weighted by Gasteiger charge is 2.22. The molecule has 0 radical (unpaired) electrons. The number of allylic oxidation sites excluding steroid dienone is 1. The number of nitrogens with two attached hydrogens (primary N) is 1. The Hall–Kier alpha value is -3.90. The number of piperazine rings is 1. The Bertz CT molecular complexity index is 1210. The van der Waals surface area contributed by atoms with Gasteiger partial charge < -0.3 is 21.1 Å². The van der Waals surface area contributed by atoms with Crippen molar-refractivity contribution in [2.75, 3.05) is 26.2 Å². The van der Waals surface area contributed by atoms with Crippen LogP contribution in [-0.4, -0.2) is 52.7 Å². The minimum Gasteiger partial charge on any atom is -0.508 e. The summed E-state index contributed by atoms with van der Waals surface area (Å²) in [6.07, 6.45) is 1.58. The lowest BCUT2D eigenvalue weighted by Gasteiger charge is -2.34. The first-order valence-electron chi connectivity index (χ1n) is 11.4. The van der Waals surface area contributed by atoms with Gasteiger partial charge in [-0.05, 0) is 65.6 Å². The number of amides is 1. The number of phenolic OH excluding ortho intramolecular Hbond substituents is 1. The second kappa shape index (κ2) is 10.4. The molecule has 4 N–H and O–H groups in total. The van der Waals surface area contributed by atoms with Gasteiger partial charge in [-0.3, -0.25) is 9.69 Å². The molecule has 0 unspecified atom stereocenters. The number of aromatic hydroxyl groups is 1. The molecule has 0 aromatic heterocycles. The summed E-state index contributed by atoms with van der Waals surface area (Å²) in [7, 11) is 0. The predicted octanol–water partition coefficient (Wildman–Crippen LogP) is 4.03. The Morgan fingerprint density at radius 2 is 1.65 bits per heavy atom. The summed E-state index contributed by atoms with van der Waals surface area (Å²) < 4.78 is 0. The zero-order valence-electron chi connectivity index (χ0n) is 19.4. The van der Waals surface area contributed by atoms with Crippen molar-refractivity contribution < 1.29 is 9.90 Å². The van der Waals surface area contributed by atoms with Crippen LogP contribution in [0.4, 0.5) is 0 Å². The maximum atomic E-state index is 13.1. The third-order valence-corrected chi connectivity index (χ3v) is 6.16. The standard InChI is InChI=1S/C28H30N4O2/c1-20-16-23(10-11-27(20)33)26(30)18-25(29)22-8-5-9-24(17-22)28(34)32-14-12-31(13-15-32)19-21-6-3-2-4-7-21/h2-11,16-18,30,33H,12-15,19,29H2,1H3/b25-18-,30-26?. The van der Waals surface area contributed by atoms with Crippen molar-refractivity contribution in [1.29, 1.82) is 5.41 Å². The monoisotopic (exact) mass is 454 g/mol. The first kappa shape index (κ1) is 23.3. The summed E-state index contributed by atoms with van der Waals surface area (Å²) in [6, 6.07) is 22.7. The molecule has 1 aliphatic heterocycles. The molecule has 1 amide bonds. The molecule has 1 aliphatic rings. The molecule has 0 saturated carbocycles. The molecule has 1 fully saturated rings. The summed E-state index contributed by atoms with van der Waals surface area (Å²) in [4.78, 5) is 17.4. The maximum Gasteiger partial charge on any atom is 0.253 e. The van der Waals surface area contributed by atoms with Crippen LogP contribution in [0.3, 0.4) is 0 Å². The SMILES string of the molecule is Cc1cc(C(=N)/C=C(\N)c2cccc(C(=O)N3CCN(Cc4ccccc4)CC3)c2)ccc1O. The summed E-state index contributed by atoms with van der Waals surface area (Å²) in [5.41, 5.74) is 10.9. The summed E-state index contributed by atoms with van der Waals surface area (Å²) in [6.45, 7) is 5.73. The number of rotatable bonds is 6. The zero-order chi connectivity index (χ0) is 24.1. The smallest absolute Gasteiger partial charge is 0.253 e. The molecule has 3 aromatic rings. The van der Waals surface area contributed by atoms with Crippen molar-refractivity contribution in [3.63, 3.8) is 0 Å². The third-order valence-electron chi connectivity index (χ3n) is 6.16. The van der Waals surface area contributed by atoms with Crippen molar-refractivity contribution in [2.24, 2.45) is 5.73 Å². The molecule has 1 heterocycles.